The van der Waals surface area contributed by atoms with Gasteiger partial charge in [-0.25, -0.2) is 4.68 Å². The minimum Gasteiger partial charge on any atom is -0.367 e. The first-order valence-electron chi connectivity index (χ1n) is 8.85. The Balaban J connectivity index is 1.44. The largest absolute Gasteiger partial charge is 0.367 e. The van der Waals surface area contributed by atoms with Crippen LogP contribution >= 0.6 is 11.6 Å². The van der Waals surface area contributed by atoms with Gasteiger partial charge in [-0.3, -0.25) is 9.59 Å². The van der Waals surface area contributed by atoms with Crippen LogP contribution in [-0.4, -0.2) is 46.8 Å². The molecule has 0 bridgehead atoms. The van der Waals surface area contributed by atoms with Gasteiger partial charge in [-0.15, -0.1) is 0 Å². The average molecular weight is 383 g/mol. The summed E-state index contributed by atoms with van der Waals surface area (Å²) >= 11 is 6.26. The molecule has 1 aliphatic rings. The van der Waals surface area contributed by atoms with Crippen molar-refractivity contribution in [1.29, 1.82) is 0 Å². The quantitative estimate of drug-likeness (QED) is 0.698. The molecular weight excluding hydrogens is 364 g/mol. The zero-order valence-corrected chi connectivity index (χ0v) is 15.5. The maximum absolute atomic E-state index is 12.6. The number of halogens is 1. The predicted molar refractivity (Wildman–Crippen MR) is 106 cm³/mol. The standard InChI is InChI=1S/C20H19ClN4O2/c21-17-7-3-4-8-18(17)23-9-11-24(12-10-23)19(26)14-25-20(27)16-6-2-1-5-15(16)13-22-25/h1-8,13H,9-12,14H2. The molecule has 1 saturated heterocycles. The Bertz CT molecular complexity index is 1040. The summed E-state index contributed by atoms with van der Waals surface area (Å²) < 4.78 is 1.24. The van der Waals surface area contributed by atoms with Crippen molar-refractivity contribution in [2.75, 3.05) is 31.1 Å². The van der Waals surface area contributed by atoms with Crippen molar-refractivity contribution in [3.05, 3.63) is 70.1 Å². The molecule has 138 valence electrons. The second-order valence-electron chi connectivity index (χ2n) is 6.51. The van der Waals surface area contributed by atoms with E-state index in [0.29, 0.717) is 36.6 Å². The van der Waals surface area contributed by atoms with Gasteiger partial charge in [0.1, 0.15) is 6.54 Å². The van der Waals surface area contributed by atoms with Gasteiger partial charge in [-0.05, 0) is 18.2 Å². The molecule has 1 aromatic heterocycles. The van der Waals surface area contributed by atoms with E-state index in [1.165, 1.54) is 4.68 Å². The molecule has 27 heavy (non-hydrogen) atoms. The lowest BCUT2D eigenvalue weighted by molar-refractivity contribution is -0.132. The van der Waals surface area contributed by atoms with Gasteiger partial charge >= 0.3 is 0 Å². The average Bonchev–Trinajstić information content (AvgIpc) is 2.71. The fraction of sp³-hybridized carbons (Fsp3) is 0.250. The van der Waals surface area contributed by atoms with E-state index in [-0.39, 0.29) is 18.0 Å². The molecule has 1 aliphatic heterocycles. The van der Waals surface area contributed by atoms with E-state index >= 15 is 0 Å². The Kier molecular flexibility index (Phi) is 4.81. The predicted octanol–water partition coefficient (Wildman–Crippen LogP) is 2.40. The highest BCUT2D eigenvalue weighted by Crippen LogP contribution is 2.26. The lowest BCUT2D eigenvalue weighted by atomic mass is 10.2. The van der Waals surface area contributed by atoms with Gasteiger partial charge in [0.15, 0.2) is 0 Å². The number of hydrogen-bond acceptors (Lipinski definition) is 4. The molecule has 0 radical (unpaired) electrons. The van der Waals surface area contributed by atoms with Crippen LogP contribution in [-0.2, 0) is 11.3 Å². The number of carbonyl (C=O) groups excluding carboxylic acids is 1. The molecule has 1 amide bonds. The monoisotopic (exact) mass is 382 g/mol. The fourth-order valence-corrected chi connectivity index (χ4v) is 3.63. The summed E-state index contributed by atoms with van der Waals surface area (Å²) in [6.45, 7) is 2.54. The van der Waals surface area contributed by atoms with Crippen LogP contribution in [0.5, 0.6) is 0 Å². The molecule has 2 heterocycles. The van der Waals surface area contributed by atoms with Crippen LogP contribution < -0.4 is 10.5 Å². The van der Waals surface area contributed by atoms with E-state index in [0.717, 1.165) is 11.1 Å². The van der Waals surface area contributed by atoms with E-state index in [9.17, 15) is 9.59 Å². The molecule has 0 aliphatic carbocycles. The van der Waals surface area contributed by atoms with Crippen molar-refractivity contribution in [2.45, 2.75) is 6.54 Å². The zero-order chi connectivity index (χ0) is 18.8. The second kappa shape index (κ2) is 7.40. The van der Waals surface area contributed by atoms with Gasteiger partial charge in [-0.1, -0.05) is 41.9 Å². The lowest BCUT2D eigenvalue weighted by Gasteiger charge is -2.36. The van der Waals surface area contributed by atoms with Gasteiger partial charge < -0.3 is 9.80 Å². The Morgan fingerprint density at radius 3 is 2.48 bits per heavy atom. The third kappa shape index (κ3) is 3.53. The Labute approximate surface area is 161 Å². The highest BCUT2D eigenvalue weighted by atomic mass is 35.5. The minimum atomic E-state index is -0.240. The molecule has 0 spiro atoms. The summed E-state index contributed by atoms with van der Waals surface area (Å²) in [5.41, 5.74) is 0.745. The second-order valence-corrected chi connectivity index (χ2v) is 6.92. The minimum absolute atomic E-state index is 0.0459. The number of rotatable bonds is 3. The van der Waals surface area contributed by atoms with Crippen LogP contribution in [0.25, 0.3) is 10.8 Å². The summed E-state index contributed by atoms with van der Waals surface area (Å²) in [6, 6.07) is 15.0. The first kappa shape index (κ1) is 17.5. The summed E-state index contributed by atoms with van der Waals surface area (Å²) in [4.78, 5) is 29.1. The first-order valence-corrected chi connectivity index (χ1v) is 9.23. The zero-order valence-electron chi connectivity index (χ0n) is 14.7. The van der Waals surface area contributed by atoms with Crippen LogP contribution in [0.1, 0.15) is 0 Å². The first-order chi connectivity index (χ1) is 13.1. The molecule has 0 atom stereocenters. The summed E-state index contributed by atoms with van der Waals surface area (Å²) in [5.74, 6) is -0.0984. The number of hydrogen-bond donors (Lipinski definition) is 0. The normalized spacial score (nSPS) is 14.6. The number of para-hydroxylation sites is 1. The molecular formula is C20H19ClN4O2. The van der Waals surface area contributed by atoms with Crippen molar-refractivity contribution in [2.24, 2.45) is 0 Å². The van der Waals surface area contributed by atoms with Gasteiger partial charge in [-0.2, -0.15) is 5.10 Å². The Morgan fingerprint density at radius 1 is 1.00 bits per heavy atom. The van der Waals surface area contributed by atoms with Crippen LogP contribution in [0, 0.1) is 0 Å². The Morgan fingerprint density at radius 2 is 1.70 bits per heavy atom. The van der Waals surface area contributed by atoms with Crippen molar-refractivity contribution in [3.63, 3.8) is 0 Å². The van der Waals surface area contributed by atoms with Crippen molar-refractivity contribution in [1.82, 2.24) is 14.7 Å². The van der Waals surface area contributed by atoms with E-state index in [1.807, 2.05) is 42.5 Å². The van der Waals surface area contributed by atoms with Crippen molar-refractivity contribution >= 4 is 34.0 Å². The molecule has 0 N–H and O–H groups in total. The number of amides is 1. The number of benzene rings is 2. The van der Waals surface area contributed by atoms with Gasteiger partial charge in [0.05, 0.1) is 22.3 Å². The molecule has 6 nitrogen and oxygen atoms in total. The summed E-state index contributed by atoms with van der Waals surface area (Å²) in [5, 5.41) is 6.21. The molecule has 0 saturated carbocycles. The van der Waals surface area contributed by atoms with Crippen LogP contribution in [0.4, 0.5) is 5.69 Å². The molecule has 4 rings (SSSR count). The highest BCUT2D eigenvalue weighted by Gasteiger charge is 2.23. The number of piperazine rings is 1. The summed E-state index contributed by atoms with van der Waals surface area (Å²) in [7, 11) is 0. The molecule has 3 aromatic rings. The van der Waals surface area contributed by atoms with Crippen LogP contribution in [0.15, 0.2) is 59.5 Å². The third-order valence-corrected chi connectivity index (χ3v) is 5.19. The molecule has 1 fully saturated rings. The number of nitrogens with zero attached hydrogens (tertiary/aromatic N) is 4. The highest BCUT2D eigenvalue weighted by molar-refractivity contribution is 6.33. The maximum Gasteiger partial charge on any atom is 0.275 e. The van der Waals surface area contributed by atoms with Gasteiger partial charge in [0, 0.05) is 31.6 Å². The molecule has 2 aromatic carbocycles. The van der Waals surface area contributed by atoms with E-state index in [1.54, 1.807) is 17.2 Å². The van der Waals surface area contributed by atoms with Crippen LogP contribution in [0.2, 0.25) is 5.02 Å². The van der Waals surface area contributed by atoms with E-state index in [4.69, 9.17) is 11.6 Å². The van der Waals surface area contributed by atoms with Crippen molar-refractivity contribution in [3.8, 4) is 0 Å². The maximum atomic E-state index is 12.6. The van der Waals surface area contributed by atoms with Crippen LogP contribution in [0.3, 0.4) is 0 Å². The van der Waals surface area contributed by atoms with Gasteiger partial charge in [0.25, 0.3) is 5.56 Å². The summed E-state index contributed by atoms with van der Waals surface area (Å²) in [6.07, 6.45) is 1.62. The topological polar surface area (TPSA) is 58.4 Å². The number of carbonyl (C=O) groups is 1. The molecule has 0 unspecified atom stereocenters. The number of anilines is 1. The number of fused-ring (bicyclic) bond motifs is 1. The Hall–Kier alpha value is -2.86. The van der Waals surface area contributed by atoms with Crippen molar-refractivity contribution < 1.29 is 4.79 Å². The fourth-order valence-electron chi connectivity index (χ4n) is 3.37. The third-order valence-electron chi connectivity index (χ3n) is 4.87. The molecule has 7 heteroatoms. The smallest absolute Gasteiger partial charge is 0.275 e. The van der Waals surface area contributed by atoms with E-state index < -0.39 is 0 Å². The number of aromatic nitrogens is 2. The van der Waals surface area contributed by atoms with E-state index in [2.05, 4.69) is 10.00 Å². The van der Waals surface area contributed by atoms with Gasteiger partial charge in [0.2, 0.25) is 5.91 Å². The lowest BCUT2D eigenvalue weighted by Crippen LogP contribution is -2.50. The SMILES string of the molecule is O=C(Cn1ncc2ccccc2c1=O)N1CCN(c2ccccc2Cl)CC1.